The molecule has 0 saturated carbocycles. The molecular weight excluding hydrogens is 246 g/mol. The first-order valence-corrected chi connectivity index (χ1v) is 8.07. The van der Waals surface area contributed by atoms with Crippen LogP contribution in [0.1, 0.15) is 31.2 Å². The Morgan fingerprint density at radius 3 is 2.50 bits per heavy atom. The van der Waals surface area contributed by atoms with Gasteiger partial charge in [0, 0.05) is 25.2 Å². The second kappa shape index (κ2) is 6.70. The Hall–Kier alpha value is -0.900. The zero-order valence-corrected chi connectivity index (χ0v) is 12.4. The van der Waals surface area contributed by atoms with Crippen LogP contribution < -0.4 is 5.73 Å². The van der Waals surface area contributed by atoms with Crippen molar-refractivity contribution in [3.63, 3.8) is 0 Å². The quantitative estimate of drug-likeness (QED) is 0.911. The summed E-state index contributed by atoms with van der Waals surface area (Å²) in [5, 5.41) is 0. The average molecular weight is 273 g/mol. The third-order valence-electron chi connectivity index (χ3n) is 4.83. The minimum absolute atomic E-state index is 0.440. The third kappa shape index (κ3) is 3.60. The van der Waals surface area contributed by atoms with Gasteiger partial charge in [0.05, 0.1) is 0 Å². The Balaban J connectivity index is 1.53. The van der Waals surface area contributed by atoms with E-state index in [0.717, 1.165) is 12.6 Å². The number of hydrogen-bond acceptors (Lipinski definition) is 3. The molecule has 1 aromatic rings. The van der Waals surface area contributed by atoms with Crippen molar-refractivity contribution in [3.05, 3.63) is 35.9 Å². The lowest BCUT2D eigenvalue weighted by Gasteiger charge is -2.34. The van der Waals surface area contributed by atoms with Crippen LogP contribution in [0, 0.1) is 0 Å². The summed E-state index contributed by atoms with van der Waals surface area (Å²) < 4.78 is 0. The number of hydrogen-bond donors (Lipinski definition) is 1. The number of benzene rings is 1. The number of nitrogens with two attached hydrogens (primary N) is 1. The lowest BCUT2D eigenvalue weighted by Crippen LogP contribution is -2.45. The number of piperidine rings is 1. The van der Waals surface area contributed by atoms with E-state index >= 15 is 0 Å². The van der Waals surface area contributed by atoms with Gasteiger partial charge in [0.1, 0.15) is 0 Å². The molecule has 110 valence electrons. The number of likely N-dealkylation sites (tertiary alicyclic amines) is 2. The lowest BCUT2D eigenvalue weighted by molar-refractivity contribution is 0.143. The summed E-state index contributed by atoms with van der Waals surface area (Å²) in [4.78, 5) is 5.29. The maximum absolute atomic E-state index is 6.00. The van der Waals surface area contributed by atoms with Gasteiger partial charge in [0.2, 0.25) is 0 Å². The zero-order valence-electron chi connectivity index (χ0n) is 12.4. The predicted molar refractivity (Wildman–Crippen MR) is 83.5 cm³/mol. The third-order valence-corrected chi connectivity index (χ3v) is 4.83. The molecule has 0 amide bonds. The average Bonchev–Trinajstić information content (AvgIpc) is 2.90. The maximum atomic E-state index is 6.00. The van der Waals surface area contributed by atoms with Crippen molar-refractivity contribution >= 4 is 0 Å². The van der Waals surface area contributed by atoms with Crippen LogP contribution >= 0.6 is 0 Å². The normalized spacial score (nSPS) is 26.1. The molecule has 2 saturated heterocycles. The van der Waals surface area contributed by atoms with Crippen molar-refractivity contribution in [2.45, 2.75) is 44.3 Å². The molecule has 0 bridgehead atoms. The summed E-state index contributed by atoms with van der Waals surface area (Å²) in [6.07, 6.45) is 5.05. The van der Waals surface area contributed by atoms with Gasteiger partial charge in [-0.2, -0.15) is 0 Å². The maximum Gasteiger partial charge on any atom is 0.0237 e. The van der Waals surface area contributed by atoms with Gasteiger partial charge in [0.15, 0.2) is 0 Å². The molecular formula is C17H27N3. The van der Waals surface area contributed by atoms with Crippen LogP contribution in [-0.4, -0.2) is 48.1 Å². The van der Waals surface area contributed by atoms with E-state index in [0.29, 0.717) is 6.04 Å². The fourth-order valence-electron chi connectivity index (χ4n) is 3.56. The Labute approximate surface area is 122 Å². The van der Waals surface area contributed by atoms with Crippen LogP contribution in [0.25, 0.3) is 0 Å². The van der Waals surface area contributed by atoms with Gasteiger partial charge in [-0.25, -0.2) is 0 Å². The molecule has 20 heavy (non-hydrogen) atoms. The Kier molecular flexibility index (Phi) is 4.71. The van der Waals surface area contributed by atoms with Crippen molar-refractivity contribution in [1.82, 2.24) is 9.80 Å². The van der Waals surface area contributed by atoms with E-state index in [1.807, 2.05) is 0 Å². The predicted octanol–water partition coefficient (Wildman–Crippen LogP) is 2.07. The molecule has 3 heteroatoms. The molecule has 0 radical (unpaired) electrons. The monoisotopic (exact) mass is 273 g/mol. The first-order chi connectivity index (χ1) is 9.81. The highest BCUT2D eigenvalue weighted by Gasteiger charge is 2.27. The van der Waals surface area contributed by atoms with E-state index < -0.39 is 0 Å². The van der Waals surface area contributed by atoms with E-state index in [9.17, 15) is 0 Å². The molecule has 2 aliphatic rings. The van der Waals surface area contributed by atoms with E-state index in [1.165, 1.54) is 57.4 Å². The van der Waals surface area contributed by atoms with Crippen molar-refractivity contribution in [1.29, 1.82) is 0 Å². The van der Waals surface area contributed by atoms with Crippen LogP contribution in [0.4, 0.5) is 0 Å². The molecule has 0 unspecified atom stereocenters. The van der Waals surface area contributed by atoms with Crippen LogP contribution in [0.3, 0.4) is 0 Å². The van der Waals surface area contributed by atoms with Gasteiger partial charge in [-0.1, -0.05) is 30.3 Å². The van der Waals surface area contributed by atoms with Crippen molar-refractivity contribution in [3.8, 4) is 0 Å². The summed E-state index contributed by atoms with van der Waals surface area (Å²) in [5.74, 6) is 0. The van der Waals surface area contributed by atoms with E-state index in [4.69, 9.17) is 5.73 Å². The first kappa shape index (κ1) is 14.1. The van der Waals surface area contributed by atoms with Crippen molar-refractivity contribution in [2.24, 2.45) is 5.73 Å². The van der Waals surface area contributed by atoms with Crippen molar-refractivity contribution < 1.29 is 0 Å². The lowest BCUT2D eigenvalue weighted by atomic mass is 10.0. The fourth-order valence-corrected chi connectivity index (χ4v) is 3.56. The van der Waals surface area contributed by atoms with Gasteiger partial charge < -0.3 is 10.6 Å². The topological polar surface area (TPSA) is 32.5 Å². The van der Waals surface area contributed by atoms with Crippen LogP contribution in [-0.2, 0) is 6.54 Å². The molecule has 3 nitrogen and oxygen atoms in total. The Morgan fingerprint density at radius 2 is 1.75 bits per heavy atom. The minimum atomic E-state index is 0.440. The molecule has 3 rings (SSSR count). The Morgan fingerprint density at radius 1 is 1.00 bits per heavy atom. The molecule has 0 spiro atoms. The van der Waals surface area contributed by atoms with Gasteiger partial charge in [-0.15, -0.1) is 0 Å². The SMILES string of the molecule is NC1CCN(C[C@H]2CCCN2Cc2ccccc2)CC1. The van der Waals surface area contributed by atoms with E-state index in [1.54, 1.807) is 0 Å². The second-order valence-corrected chi connectivity index (χ2v) is 6.39. The summed E-state index contributed by atoms with van der Waals surface area (Å²) >= 11 is 0. The van der Waals surface area contributed by atoms with Gasteiger partial charge >= 0.3 is 0 Å². The highest BCUT2D eigenvalue weighted by molar-refractivity contribution is 5.14. The van der Waals surface area contributed by atoms with Gasteiger partial charge in [-0.05, 0) is 50.9 Å². The van der Waals surface area contributed by atoms with E-state index in [-0.39, 0.29) is 0 Å². The highest BCUT2D eigenvalue weighted by Crippen LogP contribution is 2.22. The molecule has 1 aromatic carbocycles. The summed E-state index contributed by atoms with van der Waals surface area (Å²) in [6, 6.07) is 12.1. The molecule has 2 fully saturated rings. The highest BCUT2D eigenvalue weighted by atomic mass is 15.2. The molecule has 0 aromatic heterocycles. The standard InChI is InChI=1S/C17H27N3/c18-16-8-11-19(12-9-16)14-17-7-4-10-20(17)13-15-5-2-1-3-6-15/h1-3,5-6,16-17H,4,7-14,18H2/t17-/m1/s1. The van der Waals surface area contributed by atoms with Crippen LogP contribution in [0.15, 0.2) is 30.3 Å². The summed E-state index contributed by atoms with van der Waals surface area (Å²) in [5.41, 5.74) is 7.44. The summed E-state index contributed by atoms with van der Waals surface area (Å²) in [7, 11) is 0. The first-order valence-electron chi connectivity index (χ1n) is 8.07. The number of nitrogens with zero attached hydrogens (tertiary/aromatic N) is 2. The smallest absolute Gasteiger partial charge is 0.0237 e. The minimum Gasteiger partial charge on any atom is -0.328 e. The molecule has 2 heterocycles. The largest absolute Gasteiger partial charge is 0.328 e. The molecule has 0 aliphatic carbocycles. The zero-order chi connectivity index (χ0) is 13.8. The molecule has 2 aliphatic heterocycles. The van der Waals surface area contributed by atoms with Crippen LogP contribution in [0.5, 0.6) is 0 Å². The second-order valence-electron chi connectivity index (χ2n) is 6.39. The van der Waals surface area contributed by atoms with Gasteiger partial charge in [-0.3, -0.25) is 4.90 Å². The summed E-state index contributed by atoms with van der Waals surface area (Å²) in [6.45, 7) is 5.99. The molecule has 2 N–H and O–H groups in total. The number of rotatable bonds is 4. The van der Waals surface area contributed by atoms with E-state index in [2.05, 4.69) is 40.1 Å². The van der Waals surface area contributed by atoms with Crippen LogP contribution in [0.2, 0.25) is 0 Å². The van der Waals surface area contributed by atoms with Crippen molar-refractivity contribution in [2.75, 3.05) is 26.2 Å². The Bertz CT molecular complexity index is 398. The van der Waals surface area contributed by atoms with Gasteiger partial charge in [0.25, 0.3) is 0 Å². The fraction of sp³-hybridized carbons (Fsp3) is 0.647. The molecule has 1 atom stereocenters.